The van der Waals surface area contributed by atoms with Crippen molar-refractivity contribution in [3.63, 3.8) is 0 Å². The third-order valence-electron chi connectivity index (χ3n) is 5.81. The molecule has 3 rings (SSSR count). The Bertz CT molecular complexity index is 1000. The average Bonchev–Trinajstić information content (AvgIpc) is 3.05. The predicted octanol–water partition coefficient (Wildman–Crippen LogP) is 4.61. The van der Waals surface area contributed by atoms with E-state index in [1.54, 1.807) is 18.0 Å². The summed E-state index contributed by atoms with van der Waals surface area (Å²) in [6, 6.07) is 9.97. The van der Waals surface area contributed by atoms with Gasteiger partial charge < -0.3 is 14.5 Å². The van der Waals surface area contributed by atoms with E-state index in [-0.39, 0.29) is 17.9 Å². The summed E-state index contributed by atoms with van der Waals surface area (Å²) in [5.41, 5.74) is 3.33. The summed E-state index contributed by atoms with van der Waals surface area (Å²) in [5, 5.41) is 4.65. The number of aryl methyl sites for hydroxylation is 1. The van der Waals surface area contributed by atoms with E-state index in [1.165, 1.54) is 0 Å². The van der Waals surface area contributed by atoms with Crippen molar-refractivity contribution in [3.8, 4) is 5.69 Å². The van der Waals surface area contributed by atoms with E-state index in [9.17, 15) is 9.59 Å². The molecule has 1 saturated heterocycles. The number of hydrogen-bond acceptors (Lipinski definition) is 4. The Labute approximate surface area is 197 Å². The van der Waals surface area contributed by atoms with Crippen molar-refractivity contribution in [3.05, 3.63) is 53.4 Å². The first-order valence-electron chi connectivity index (χ1n) is 11.6. The van der Waals surface area contributed by atoms with Gasteiger partial charge in [-0.1, -0.05) is 18.2 Å². The van der Waals surface area contributed by atoms with Crippen LogP contribution in [0.3, 0.4) is 0 Å². The van der Waals surface area contributed by atoms with Crippen LogP contribution < -0.4 is 0 Å². The molecule has 2 aromatic rings. The molecule has 1 aromatic heterocycles. The number of carbonyl (C=O) groups excluding carboxylic acids is 2. The largest absolute Gasteiger partial charge is 0.444 e. The van der Waals surface area contributed by atoms with Crippen molar-refractivity contribution < 1.29 is 14.3 Å². The first-order chi connectivity index (χ1) is 15.5. The van der Waals surface area contributed by atoms with Crippen LogP contribution in [0.15, 0.2) is 36.4 Å². The Morgan fingerprint density at radius 3 is 2.58 bits per heavy atom. The van der Waals surface area contributed by atoms with Gasteiger partial charge in [0, 0.05) is 44.0 Å². The van der Waals surface area contributed by atoms with Crippen LogP contribution >= 0.6 is 0 Å². The van der Waals surface area contributed by atoms with Gasteiger partial charge >= 0.3 is 6.09 Å². The van der Waals surface area contributed by atoms with E-state index in [0.29, 0.717) is 13.1 Å². The number of piperidine rings is 1. The topological polar surface area (TPSA) is 67.7 Å². The third-order valence-corrected chi connectivity index (χ3v) is 5.81. The summed E-state index contributed by atoms with van der Waals surface area (Å²) < 4.78 is 7.35. The Balaban J connectivity index is 1.63. The minimum atomic E-state index is -0.519. The van der Waals surface area contributed by atoms with Gasteiger partial charge in [0.15, 0.2) is 0 Å². The number of para-hydroxylation sites is 1. The molecule has 0 N–H and O–H groups in total. The van der Waals surface area contributed by atoms with Crippen LogP contribution in [0.2, 0.25) is 0 Å². The van der Waals surface area contributed by atoms with Crippen LogP contribution in [-0.4, -0.2) is 63.9 Å². The molecule has 1 fully saturated rings. The molecule has 1 atom stereocenters. The standard InChI is InChI=1S/C26H36N4O3/c1-19-23(20(2)30(27-19)22-12-8-7-9-13-22)14-15-24(31)29-16-10-11-21(18-29)17-28(6)25(32)33-26(3,4)5/h7-9,12-15,21H,10-11,16-18H2,1-6H3/b15-14+. The van der Waals surface area contributed by atoms with E-state index in [4.69, 9.17) is 4.74 Å². The molecule has 1 unspecified atom stereocenters. The average molecular weight is 453 g/mol. The quantitative estimate of drug-likeness (QED) is 0.622. The van der Waals surface area contributed by atoms with Gasteiger partial charge in [0.25, 0.3) is 0 Å². The van der Waals surface area contributed by atoms with Crippen molar-refractivity contribution in [2.24, 2.45) is 5.92 Å². The van der Waals surface area contributed by atoms with Crippen molar-refractivity contribution in [1.29, 1.82) is 0 Å². The normalized spacial score (nSPS) is 16.8. The zero-order valence-corrected chi connectivity index (χ0v) is 20.7. The van der Waals surface area contributed by atoms with Gasteiger partial charge in [-0.2, -0.15) is 5.10 Å². The molecule has 1 aliphatic heterocycles. The number of ether oxygens (including phenoxy) is 1. The van der Waals surface area contributed by atoms with Crippen LogP contribution in [0.1, 0.15) is 50.6 Å². The molecular weight excluding hydrogens is 416 g/mol. The fraction of sp³-hybridized carbons (Fsp3) is 0.500. The maximum Gasteiger partial charge on any atom is 0.410 e. The lowest BCUT2D eigenvalue weighted by Gasteiger charge is -2.34. The van der Waals surface area contributed by atoms with Gasteiger partial charge in [0.05, 0.1) is 11.4 Å². The molecule has 0 bridgehead atoms. The molecule has 7 nitrogen and oxygen atoms in total. The lowest BCUT2D eigenvalue weighted by Crippen LogP contribution is -2.44. The second-order valence-corrected chi connectivity index (χ2v) is 9.82. The molecule has 2 heterocycles. The number of aromatic nitrogens is 2. The Morgan fingerprint density at radius 1 is 1.21 bits per heavy atom. The number of benzene rings is 1. The highest BCUT2D eigenvalue weighted by Gasteiger charge is 2.26. The zero-order valence-electron chi connectivity index (χ0n) is 20.7. The molecule has 2 amide bonds. The summed E-state index contributed by atoms with van der Waals surface area (Å²) in [6.07, 6.45) is 5.11. The molecule has 0 aliphatic carbocycles. The molecule has 0 spiro atoms. The molecule has 0 saturated carbocycles. The highest BCUT2D eigenvalue weighted by Crippen LogP contribution is 2.21. The molecular formula is C26H36N4O3. The minimum absolute atomic E-state index is 0.00844. The number of amides is 2. The Kier molecular flexibility index (Phi) is 7.61. The first-order valence-corrected chi connectivity index (χ1v) is 11.6. The number of nitrogens with zero attached hydrogens (tertiary/aromatic N) is 4. The SMILES string of the molecule is Cc1nn(-c2ccccc2)c(C)c1/C=C/C(=O)N1CCCC(CN(C)C(=O)OC(C)(C)C)C1. The van der Waals surface area contributed by atoms with Crippen molar-refractivity contribution >= 4 is 18.1 Å². The summed E-state index contributed by atoms with van der Waals surface area (Å²) >= 11 is 0. The number of rotatable bonds is 5. The van der Waals surface area contributed by atoms with E-state index in [0.717, 1.165) is 42.0 Å². The van der Waals surface area contributed by atoms with Gasteiger partial charge in [0.1, 0.15) is 5.60 Å². The summed E-state index contributed by atoms with van der Waals surface area (Å²) in [6.45, 7) is 11.5. The highest BCUT2D eigenvalue weighted by atomic mass is 16.6. The third kappa shape index (κ3) is 6.46. The van der Waals surface area contributed by atoms with E-state index in [1.807, 2.05) is 80.6 Å². The fourth-order valence-electron chi connectivity index (χ4n) is 4.19. The maximum atomic E-state index is 12.9. The molecule has 1 aliphatic rings. The fourth-order valence-corrected chi connectivity index (χ4v) is 4.19. The summed E-state index contributed by atoms with van der Waals surface area (Å²) in [4.78, 5) is 28.7. The van der Waals surface area contributed by atoms with Gasteiger partial charge in [-0.3, -0.25) is 4.79 Å². The van der Waals surface area contributed by atoms with Crippen molar-refractivity contribution in [2.75, 3.05) is 26.7 Å². The van der Waals surface area contributed by atoms with Crippen LogP contribution in [0.25, 0.3) is 11.8 Å². The maximum absolute atomic E-state index is 12.9. The smallest absolute Gasteiger partial charge is 0.410 e. The predicted molar refractivity (Wildman–Crippen MR) is 130 cm³/mol. The molecule has 0 radical (unpaired) electrons. The molecule has 33 heavy (non-hydrogen) atoms. The van der Waals surface area contributed by atoms with E-state index < -0.39 is 5.60 Å². The first kappa shape index (κ1) is 24.6. The second kappa shape index (κ2) is 10.2. The number of carbonyl (C=O) groups is 2. The lowest BCUT2D eigenvalue weighted by molar-refractivity contribution is -0.127. The molecule has 178 valence electrons. The van der Waals surface area contributed by atoms with Gasteiger partial charge in [-0.25, -0.2) is 9.48 Å². The van der Waals surface area contributed by atoms with Crippen molar-refractivity contribution in [1.82, 2.24) is 19.6 Å². The zero-order chi connectivity index (χ0) is 24.2. The van der Waals surface area contributed by atoms with Gasteiger partial charge in [-0.05, 0) is 71.6 Å². The summed E-state index contributed by atoms with van der Waals surface area (Å²) in [5.74, 6) is 0.226. The van der Waals surface area contributed by atoms with Crippen molar-refractivity contribution in [2.45, 2.75) is 53.1 Å². The van der Waals surface area contributed by atoms with Crippen LogP contribution in [0, 0.1) is 19.8 Å². The number of hydrogen-bond donors (Lipinski definition) is 0. The minimum Gasteiger partial charge on any atom is -0.444 e. The number of likely N-dealkylation sites (tertiary alicyclic amines) is 1. The van der Waals surface area contributed by atoms with Crippen LogP contribution in [-0.2, 0) is 9.53 Å². The lowest BCUT2D eigenvalue weighted by atomic mass is 9.97. The highest BCUT2D eigenvalue weighted by molar-refractivity contribution is 5.92. The van der Waals surface area contributed by atoms with E-state index in [2.05, 4.69) is 5.10 Å². The van der Waals surface area contributed by atoms with Gasteiger partial charge in [0.2, 0.25) is 5.91 Å². The van der Waals surface area contributed by atoms with E-state index >= 15 is 0 Å². The Hall–Kier alpha value is -3.09. The monoisotopic (exact) mass is 452 g/mol. The second-order valence-electron chi connectivity index (χ2n) is 9.82. The molecule has 1 aromatic carbocycles. The molecule has 7 heteroatoms. The van der Waals surface area contributed by atoms with Gasteiger partial charge in [-0.15, -0.1) is 0 Å². The summed E-state index contributed by atoms with van der Waals surface area (Å²) in [7, 11) is 1.75. The van der Waals surface area contributed by atoms with Crippen LogP contribution in [0.4, 0.5) is 4.79 Å². The Morgan fingerprint density at radius 2 is 1.91 bits per heavy atom. The van der Waals surface area contributed by atoms with Crippen LogP contribution in [0.5, 0.6) is 0 Å².